The van der Waals surface area contributed by atoms with E-state index < -0.39 is 15.7 Å². The second-order valence-electron chi connectivity index (χ2n) is 2.50. The van der Waals surface area contributed by atoms with Crippen LogP contribution in [0.5, 0.6) is 0 Å². The van der Waals surface area contributed by atoms with Crippen LogP contribution >= 0.6 is 0 Å². The van der Waals surface area contributed by atoms with Crippen LogP contribution in [-0.2, 0) is 9.84 Å². The number of thiocyanates is 1. The molecule has 0 spiro atoms. The number of nitrogens with zero attached hydrogens (tertiary/aromatic N) is 1. The van der Waals surface area contributed by atoms with Gasteiger partial charge < -0.3 is 0 Å². The Hall–Kier alpha value is -1.41. The van der Waals surface area contributed by atoms with Crippen LogP contribution in [0.15, 0.2) is 23.1 Å². The van der Waals surface area contributed by atoms with E-state index in [2.05, 4.69) is 0 Å². The van der Waals surface area contributed by atoms with Crippen LogP contribution in [0.4, 0.5) is 4.39 Å². The first-order chi connectivity index (χ1) is 5.97. The minimum atomic E-state index is -3.91. The van der Waals surface area contributed by atoms with Gasteiger partial charge in [0.25, 0.3) is 9.84 Å². The fourth-order valence-corrected chi connectivity index (χ4v) is 1.79. The van der Waals surface area contributed by atoms with Crippen LogP contribution in [0.1, 0.15) is 5.56 Å². The number of rotatable bonds is 1. The highest BCUT2D eigenvalue weighted by Crippen LogP contribution is 2.16. The van der Waals surface area contributed by atoms with Gasteiger partial charge >= 0.3 is 0 Å². The summed E-state index contributed by atoms with van der Waals surface area (Å²) in [4.78, 5) is -0.142. The Morgan fingerprint density at radius 3 is 2.54 bits per heavy atom. The summed E-state index contributed by atoms with van der Waals surface area (Å²) in [7, 11) is -3.91. The van der Waals surface area contributed by atoms with Gasteiger partial charge in [-0.15, -0.1) is 0 Å². The maximum atomic E-state index is 12.6. The van der Waals surface area contributed by atoms with Crippen molar-refractivity contribution in [1.82, 2.24) is 0 Å². The molecule has 1 rings (SSSR count). The summed E-state index contributed by atoms with van der Waals surface area (Å²) in [5.74, 6) is -0.519. The van der Waals surface area contributed by atoms with Gasteiger partial charge in [-0.2, -0.15) is 5.26 Å². The van der Waals surface area contributed by atoms with Gasteiger partial charge in [0, 0.05) is 0 Å². The Morgan fingerprint density at radius 1 is 1.46 bits per heavy atom. The predicted octanol–water partition coefficient (Wildman–Crippen LogP) is 1.39. The maximum absolute atomic E-state index is 12.6. The van der Waals surface area contributed by atoms with Gasteiger partial charge in [0.15, 0.2) is 5.40 Å². The third-order valence-electron chi connectivity index (χ3n) is 1.55. The van der Waals surface area contributed by atoms with Crippen LogP contribution in [-0.4, -0.2) is 8.42 Å². The van der Waals surface area contributed by atoms with Crippen LogP contribution < -0.4 is 0 Å². The number of aryl methyl sites for hydroxylation is 1. The molecule has 3 nitrogen and oxygen atoms in total. The van der Waals surface area contributed by atoms with Crippen molar-refractivity contribution in [1.29, 1.82) is 5.26 Å². The third kappa shape index (κ3) is 1.84. The lowest BCUT2D eigenvalue weighted by Gasteiger charge is -1.99. The molecule has 0 N–H and O–H groups in total. The monoisotopic (exact) mass is 199 g/mol. The molecule has 0 aliphatic carbocycles. The van der Waals surface area contributed by atoms with Crippen molar-refractivity contribution < 1.29 is 12.8 Å². The lowest BCUT2D eigenvalue weighted by Crippen LogP contribution is -1.99. The summed E-state index contributed by atoms with van der Waals surface area (Å²) >= 11 is 0. The highest BCUT2D eigenvalue weighted by Gasteiger charge is 2.15. The molecule has 1 aromatic carbocycles. The molecule has 0 radical (unpaired) electrons. The summed E-state index contributed by atoms with van der Waals surface area (Å²) < 4.78 is 34.7. The Bertz CT molecular complexity index is 473. The van der Waals surface area contributed by atoms with Gasteiger partial charge in [0.05, 0.1) is 4.90 Å². The van der Waals surface area contributed by atoms with Crippen LogP contribution in [0.25, 0.3) is 0 Å². The molecular formula is C8H6FNO2S. The van der Waals surface area contributed by atoms with Gasteiger partial charge in [0.1, 0.15) is 5.82 Å². The minimum absolute atomic E-state index is 0.142. The first-order valence-corrected chi connectivity index (χ1v) is 4.88. The van der Waals surface area contributed by atoms with Crippen molar-refractivity contribution in [3.05, 3.63) is 29.6 Å². The second-order valence-corrected chi connectivity index (χ2v) is 4.13. The standard InChI is InChI=1S/C8H6FNO2S/c1-6-4-7(9)2-3-8(6)13(11,12)5-10/h2-4H,1H3. The normalized spacial score (nSPS) is 10.8. The molecule has 0 atom stereocenters. The zero-order valence-corrected chi connectivity index (χ0v) is 7.60. The lowest BCUT2D eigenvalue weighted by atomic mass is 10.2. The molecule has 68 valence electrons. The molecule has 0 heterocycles. The van der Waals surface area contributed by atoms with E-state index >= 15 is 0 Å². The summed E-state index contributed by atoms with van der Waals surface area (Å²) in [6.45, 7) is 1.44. The highest BCUT2D eigenvalue weighted by molar-refractivity contribution is 7.96. The molecule has 0 unspecified atom stereocenters. The lowest BCUT2D eigenvalue weighted by molar-refractivity contribution is 0.602. The summed E-state index contributed by atoms with van der Waals surface area (Å²) in [6.07, 6.45) is 0. The Labute approximate surface area is 75.3 Å². The van der Waals surface area contributed by atoms with Crippen molar-refractivity contribution in [3.8, 4) is 5.40 Å². The first kappa shape index (κ1) is 9.68. The summed E-state index contributed by atoms with van der Waals surface area (Å²) in [6, 6.07) is 3.17. The Kier molecular flexibility index (Phi) is 2.34. The predicted molar refractivity (Wildman–Crippen MR) is 43.9 cm³/mol. The van der Waals surface area contributed by atoms with Crippen LogP contribution in [0.2, 0.25) is 0 Å². The SMILES string of the molecule is Cc1cc(F)ccc1S(=O)(=O)C#N. The molecule has 13 heavy (non-hydrogen) atoms. The zero-order chi connectivity index (χ0) is 10.1. The average Bonchev–Trinajstić information content (AvgIpc) is 2.03. The Morgan fingerprint density at radius 2 is 2.08 bits per heavy atom. The van der Waals surface area contributed by atoms with Gasteiger partial charge in [-0.3, -0.25) is 0 Å². The fourth-order valence-electron chi connectivity index (χ4n) is 0.964. The van der Waals surface area contributed by atoms with E-state index in [1.54, 1.807) is 0 Å². The van der Waals surface area contributed by atoms with Gasteiger partial charge in [-0.05, 0) is 30.7 Å². The van der Waals surface area contributed by atoms with Crippen molar-refractivity contribution in [3.63, 3.8) is 0 Å². The van der Waals surface area contributed by atoms with E-state index in [9.17, 15) is 12.8 Å². The van der Waals surface area contributed by atoms with Crippen LogP contribution in [0, 0.1) is 23.4 Å². The Balaban J connectivity index is 3.44. The van der Waals surface area contributed by atoms with E-state index in [1.165, 1.54) is 12.3 Å². The van der Waals surface area contributed by atoms with Gasteiger partial charge in [-0.25, -0.2) is 12.8 Å². The molecule has 0 fully saturated rings. The number of halogens is 1. The molecule has 1 aromatic rings. The summed E-state index contributed by atoms with van der Waals surface area (Å²) in [5.41, 5.74) is 0.238. The van der Waals surface area contributed by atoms with E-state index in [-0.39, 0.29) is 10.5 Å². The molecule has 0 saturated carbocycles. The van der Waals surface area contributed by atoms with E-state index in [4.69, 9.17) is 5.26 Å². The number of hydrogen-bond acceptors (Lipinski definition) is 3. The second kappa shape index (κ2) is 3.15. The molecule has 0 saturated heterocycles. The molecule has 0 bridgehead atoms. The number of hydrogen-bond donors (Lipinski definition) is 0. The van der Waals surface area contributed by atoms with Crippen molar-refractivity contribution >= 4 is 9.84 Å². The van der Waals surface area contributed by atoms with Gasteiger partial charge in [0.2, 0.25) is 0 Å². The quantitative estimate of drug-likeness (QED) is 0.390. The smallest absolute Gasteiger partial charge is 0.208 e. The molecule has 5 heteroatoms. The summed E-state index contributed by atoms with van der Waals surface area (Å²) in [5, 5.41) is 9.48. The van der Waals surface area contributed by atoms with Gasteiger partial charge in [-0.1, -0.05) is 0 Å². The highest BCUT2D eigenvalue weighted by atomic mass is 32.2. The van der Waals surface area contributed by atoms with Crippen molar-refractivity contribution in [2.24, 2.45) is 0 Å². The van der Waals surface area contributed by atoms with Crippen LogP contribution in [0.3, 0.4) is 0 Å². The molecule has 0 aromatic heterocycles. The number of nitriles is 1. The van der Waals surface area contributed by atoms with E-state index in [0.29, 0.717) is 0 Å². The number of sulfone groups is 1. The minimum Gasteiger partial charge on any atom is -0.208 e. The third-order valence-corrected chi connectivity index (χ3v) is 2.82. The topological polar surface area (TPSA) is 57.9 Å². The average molecular weight is 199 g/mol. The van der Waals surface area contributed by atoms with E-state index in [1.807, 2.05) is 0 Å². The number of benzene rings is 1. The fraction of sp³-hybridized carbons (Fsp3) is 0.125. The first-order valence-electron chi connectivity index (χ1n) is 3.39. The largest absolute Gasteiger partial charge is 0.270 e. The molecular weight excluding hydrogens is 193 g/mol. The molecule has 0 aliphatic heterocycles. The van der Waals surface area contributed by atoms with Crippen molar-refractivity contribution in [2.45, 2.75) is 11.8 Å². The maximum Gasteiger partial charge on any atom is 0.270 e. The molecule has 0 amide bonds. The molecule has 0 aliphatic rings. The van der Waals surface area contributed by atoms with E-state index in [0.717, 1.165) is 18.2 Å². The van der Waals surface area contributed by atoms with Crippen molar-refractivity contribution in [2.75, 3.05) is 0 Å². The zero-order valence-electron chi connectivity index (χ0n) is 6.78.